The molecule has 23 heavy (non-hydrogen) atoms. The predicted octanol–water partition coefficient (Wildman–Crippen LogP) is 5.36. The van der Waals surface area contributed by atoms with Gasteiger partial charge in [-0.15, -0.1) is 0 Å². The Hall–Kier alpha value is 0.843. The molecule has 1 nitrogen and oxygen atoms in total. The van der Waals surface area contributed by atoms with E-state index in [1.165, 1.54) is 32.1 Å². The molecule has 0 aromatic heterocycles. The van der Waals surface area contributed by atoms with Crippen LogP contribution in [-0.4, -0.2) is 11.2 Å². The van der Waals surface area contributed by atoms with Crippen LogP contribution in [0.3, 0.4) is 0 Å². The second kappa shape index (κ2) is 22.8. The fraction of sp³-hybridized carbons (Fsp3) is 0.476. The Labute approximate surface area is 166 Å². The molecule has 1 N–H and O–H groups in total. The fourth-order valence-corrected chi connectivity index (χ4v) is 2.01. The molecular formula is C21H33OZr-. The average molecular weight is 393 g/mol. The van der Waals surface area contributed by atoms with Crippen LogP contribution in [0.25, 0.3) is 0 Å². The van der Waals surface area contributed by atoms with Crippen molar-refractivity contribution in [3.8, 4) is 0 Å². The van der Waals surface area contributed by atoms with Crippen molar-refractivity contribution >= 4 is 0 Å². The smallest absolute Gasteiger partial charge is 0.0272 e. The van der Waals surface area contributed by atoms with E-state index in [1.807, 2.05) is 77.6 Å². The molecule has 2 aliphatic carbocycles. The summed E-state index contributed by atoms with van der Waals surface area (Å²) < 4.78 is 0. The summed E-state index contributed by atoms with van der Waals surface area (Å²) in [6, 6.07) is 0. The van der Waals surface area contributed by atoms with Crippen molar-refractivity contribution in [3.63, 3.8) is 0 Å². The van der Waals surface area contributed by atoms with Crippen molar-refractivity contribution in [1.29, 1.82) is 0 Å². The first-order valence-corrected chi connectivity index (χ1v) is 8.60. The van der Waals surface area contributed by atoms with Crippen molar-refractivity contribution < 1.29 is 31.3 Å². The molecule has 2 aliphatic rings. The first-order chi connectivity index (χ1) is 10.8. The van der Waals surface area contributed by atoms with E-state index in [0.29, 0.717) is 0 Å². The van der Waals surface area contributed by atoms with Crippen LogP contribution in [-0.2, 0) is 26.2 Å². The zero-order valence-corrected chi connectivity index (χ0v) is 17.3. The standard InChI is InChI=1S/C11H23O.2C5H5.Zr/c1-3-5-6-7-8-10-11(12)9-4-2;2*1-2-4-5-3-1;/h4,11-12H,3,5-10H2,1-2H3;2*1-5H;/q-1;;;. The quantitative estimate of drug-likeness (QED) is 0.435. The van der Waals surface area contributed by atoms with E-state index >= 15 is 0 Å². The topological polar surface area (TPSA) is 20.2 Å². The van der Waals surface area contributed by atoms with E-state index in [0.717, 1.165) is 12.8 Å². The Morgan fingerprint density at radius 1 is 0.739 bits per heavy atom. The molecule has 0 aliphatic heterocycles. The summed E-state index contributed by atoms with van der Waals surface area (Å²) >= 11 is 0. The van der Waals surface area contributed by atoms with Crippen LogP contribution in [0.4, 0.5) is 0 Å². The molecule has 0 saturated heterocycles. The molecule has 2 rings (SSSR count). The summed E-state index contributed by atoms with van der Waals surface area (Å²) in [7, 11) is 0. The van der Waals surface area contributed by atoms with E-state index in [1.54, 1.807) is 0 Å². The van der Waals surface area contributed by atoms with Gasteiger partial charge in [-0.2, -0.15) is 13.3 Å². The maximum absolute atomic E-state index is 9.37. The molecule has 1 atom stereocenters. The minimum absolute atomic E-state index is 0. The van der Waals surface area contributed by atoms with Gasteiger partial charge in [-0.3, -0.25) is 0 Å². The van der Waals surface area contributed by atoms with Crippen LogP contribution in [0.15, 0.2) is 0 Å². The number of unbranched alkanes of at least 4 members (excludes halogenated alkanes) is 4. The SMILES string of the molecule is C[CH-]CC(O)CCCCCCC.[CH]1[CH][CH][CH][CH]1.[CH]1[CH][CH][CH][CH]1.[Zr]. The van der Waals surface area contributed by atoms with E-state index in [-0.39, 0.29) is 32.3 Å². The van der Waals surface area contributed by atoms with Crippen LogP contribution < -0.4 is 0 Å². The Bertz CT molecular complexity index is 163. The van der Waals surface area contributed by atoms with Crippen molar-refractivity contribution in [1.82, 2.24) is 0 Å². The van der Waals surface area contributed by atoms with E-state index in [2.05, 4.69) is 6.92 Å². The molecular weight excluding hydrogens is 359 g/mol. The number of hydrogen-bond acceptors (Lipinski definition) is 1. The molecule has 0 amide bonds. The number of rotatable bonds is 8. The summed E-state index contributed by atoms with van der Waals surface area (Å²) in [5.74, 6) is 0. The molecule has 0 aromatic carbocycles. The molecule has 10 radical (unpaired) electrons. The molecule has 1 unspecified atom stereocenters. The van der Waals surface area contributed by atoms with Gasteiger partial charge in [0.05, 0.1) is 0 Å². The molecule has 2 fully saturated rings. The van der Waals surface area contributed by atoms with Gasteiger partial charge in [0.2, 0.25) is 0 Å². The van der Waals surface area contributed by atoms with Gasteiger partial charge in [0.1, 0.15) is 0 Å². The van der Waals surface area contributed by atoms with Gasteiger partial charge in [-0.1, -0.05) is 39.0 Å². The minimum Gasteiger partial charge on any atom is -0.396 e. The summed E-state index contributed by atoms with van der Waals surface area (Å²) in [6.45, 7) is 4.22. The number of aliphatic hydroxyl groups is 1. The first-order valence-electron chi connectivity index (χ1n) is 8.60. The predicted molar refractivity (Wildman–Crippen MR) is 97.0 cm³/mol. The van der Waals surface area contributed by atoms with E-state index in [4.69, 9.17) is 0 Å². The van der Waals surface area contributed by atoms with Gasteiger partial charge in [0.15, 0.2) is 0 Å². The molecule has 2 heteroatoms. The average Bonchev–Trinajstić information content (AvgIpc) is 3.25. The zero-order valence-electron chi connectivity index (χ0n) is 14.8. The molecule has 0 aromatic rings. The Morgan fingerprint density at radius 2 is 1.13 bits per heavy atom. The third kappa shape index (κ3) is 22.8. The fourth-order valence-electron chi connectivity index (χ4n) is 2.01. The van der Waals surface area contributed by atoms with E-state index < -0.39 is 0 Å². The monoisotopic (exact) mass is 391 g/mol. The summed E-state index contributed by atoms with van der Waals surface area (Å²) in [4.78, 5) is 0. The van der Waals surface area contributed by atoms with Crippen LogP contribution in [0.1, 0.15) is 58.8 Å². The Kier molecular flexibility index (Phi) is 25.9. The van der Waals surface area contributed by atoms with Crippen molar-refractivity contribution in [3.05, 3.63) is 70.6 Å². The Morgan fingerprint density at radius 3 is 1.48 bits per heavy atom. The van der Waals surface area contributed by atoms with Gasteiger partial charge < -0.3 is 11.5 Å². The third-order valence-electron chi connectivity index (χ3n) is 3.26. The van der Waals surface area contributed by atoms with E-state index in [9.17, 15) is 5.11 Å². The third-order valence-corrected chi connectivity index (χ3v) is 3.26. The van der Waals surface area contributed by atoms with Gasteiger partial charge in [-0.05, 0) is 70.6 Å². The maximum Gasteiger partial charge on any atom is 0.0272 e. The van der Waals surface area contributed by atoms with Gasteiger partial charge in [0, 0.05) is 32.3 Å². The van der Waals surface area contributed by atoms with Crippen LogP contribution in [0.2, 0.25) is 0 Å². The number of hydrogen-bond donors (Lipinski definition) is 1. The number of aliphatic hydroxyl groups excluding tert-OH is 1. The Balaban J connectivity index is 0. The van der Waals surface area contributed by atoms with Crippen LogP contribution in [0, 0.1) is 70.6 Å². The maximum atomic E-state index is 9.37. The van der Waals surface area contributed by atoms with Gasteiger partial charge >= 0.3 is 0 Å². The first kappa shape index (κ1) is 26.1. The zero-order chi connectivity index (χ0) is 16.3. The van der Waals surface area contributed by atoms with Crippen LogP contribution >= 0.6 is 0 Å². The van der Waals surface area contributed by atoms with Crippen molar-refractivity contribution in [2.45, 2.75) is 64.9 Å². The van der Waals surface area contributed by atoms with Gasteiger partial charge in [-0.25, -0.2) is 0 Å². The summed E-state index contributed by atoms with van der Waals surface area (Å²) in [5, 5.41) is 9.37. The molecule has 0 spiro atoms. The summed E-state index contributed by atoms with van der Waals surface area (Å²) in [6.07, 6.45) is 30.2. The second-order valence-corrected chi connectivity index (χ2v) is 5.43. The normalized spacial score (nSPS) is 17.3. The molecule has 0 heterocycles. The van der Waals surface area contributed by atoms with Crippen LogP contribution in [0.5, 0.6) is 0 Å². The second-order valence-electron chi connectivity index (χ2n) is 5.43. The van der Waals surface area contributed by atoms with Gasteiger partial charge in [0.25, 0.3) is 0 Å². The van der Waals surface area contributed by atoms with Crippen molar-refractivity contribution in [2.24, 2.45) is 0 Å². The molecule has 2 saturated carbocycles. The molecule has 128 valence electrons. The largest absolute Gasteiger partial charge is 0.396 e. The summed E-state index contributed by atoms with van der Waals surface area (Å²) in [5.41, 5.74) is 0. The minimum atomic E-state index is -0.0865. The molecule has 0 bridgehead atoms. The van der Waals surface area contributed by atoms with Crippen molar-refractivity contribution in [2.75, 3.05) is 0 Å².